The minimum atomic E-state index is -3.16. The fraction of sp³-hybridized carbons (Fsp3) is 1.00. The Balaban J connectivity index is 2.36. The molecule has 0 aromatic rings. The second-order valence-corrected chi connectivity index (χ2v) is 7.73. The SMILES string of the molecule is CC(C)NCC(C)S(=O)(=O)NCC1(C)CC1. The second kappa shape index (κ2) is 5.02. The molecule has 1 fully saturated rings. The van der Waals surface area contributed by atoms with Crippen LogP contribution in [0.15, 0.2) is 0 Å². The van der Waals surface area contributed by atoms with Gasteiger partial charge in [0, 0.05) is 19.1 Å². The summed E-state index contributed by atoms with van der Waals surface area (Å²) in [5.74, 6) is 0. The van der Waals surface area contributed by atoms with E-state index in [1.165, 1.54) is 0 Å². The van der Waals surface area contributed by atoms with Gasteiger partial charge in [0.2, 0.25) is 10.0 Å². The fourth-order valence-electron chi connectivity index (χ4n) is 1.32. The van der Waals surface area contributed by atoms with Gasteiger partial charge in [-0.25, -0.2) is 13.1 Å². The van der Waals surface area contributed by atoms with E-state index in [9.17, 15) is 8.42 Å². The Hall–Kier alpha value is -0.130. The van der Waals surface area contributed by atoms with Crippen LogP contribution >= 0.6 is 0 Å². The van der Waals surface area contributed by atoms with Gasteiger partial charge in [0.25, 0.3) is 0 Å². The van der Waals surface area contributed by atoms with Crippen molar-refractivity contribution in [2.45, 2.75) is 51.8 Å². The van der Waals surface area contributed by atoms with Crippen LogP contribution in [0.4, 0.5) is 0 Å². The van der Waals surface area contributed by atoms with Crippen molar-refractivity contribution in [1.82, 2.24) is 10.0 Å². The quantitative estimate of drug-likeness (QED) is 0.709. The number of hydrogen-bond donors (Lipinski definition) is 2. The zero-order chi connectivity index (χ0) is 12.4. The summed E-state index contributed by atoms with van der Waals surface area (Å²) in [4.78, 5) is 0. The third-order valence-corrected chi connectivity index (χ3v) is 4.92. The average Bonchev–Trinajstić information content (AvgIpc) is 2.91. The molecule has 0 aliphatic heterocycles. The van der Waals surface area contributed by atoms with E-state index in [0.717, 1.165) is 12.8 Å². The zero-order valence-electron chi connectivity index (χ0n) is 10.7. The Kier molecular flexibility index (Phi) is 4.37. The Bertz CT molecular complexity index is 321. The highest BCUT2D eigenvalue weighted by atomic mass is 32.2. The van der Waals surface area contributed by atoms with E-state index in [1.54, 1.807) is 6.92 Å². The summed E-state index contributed by atoms with van der Waals surface area (Å²) in [6.45, 7) is 8.97. The average molecular weight is 248 g/mol. The molecule has 2 N–H and O–H groups in total. The Morgan fingerprint density at radius 2 is 1.81 bits per heavy atom. The standard InChI is InChI=1S/C11H24N2O2S/c1-9(2)12-7-10(3)16(14,15)13-8-11(4)5-6-11/h9-10,12-13H,5-8H2,1-4H3. The third-order valence-electron chi connectivity index (χ3n) is 3.15. The van der Waals surface area contributed by atoms with Gasteiger partial charge in [0.1, 0.15) is 0 Å². The van der Waals surface area contributed by atoms with E-state index in [1.807, 2.05) is 13.8 Å². The van der Waals surface area contributed by atoms with Gasteiger partial charge < -0.3 is 5.32 Å². The van der Waals surface area contributed by atoms with Crippen LogP contribution in [0.1, 0.15) is 40.5 Å². The van der Waals surface area contributed by atoms with Crippen molar-refractivity contribution >= 4 is 10.0 Å². The topological polar surface area (TPSA) is 58.2 Å². The maximum Gasteiger partial charge on any atom is 0.215 e. The first-order valence-electron chi connectivity index (χ1n) is 5.97. The van der Waals surface area contributed by atoms with Crippen LogP contribution < -0.4 is 10.0 Å². The zero-order valence-corrected chi connectivity index (χ0v) is 11.5. The Morgan fingerprint density at radius 3 is 2.25 bits per heavy atom. The Labute approximate surface area is 99.2 Å². The summed E-state index contributed by atoms with van der Waals surface area (Å²) in [5, 5.41) is 2.77. The normalized spacial score (nSPS) is 21.1. The molecule has 0 bridgehead atoms. The molecule has 1 aliphatic carbocycles. The van der Waals surface area contributed by atoms with Crippen LogP contribution in [0.5, 0.6) is 0 Å². The number of nitrogens with one attached hydrogen (secondary N) is 2. The summed E-state index contributed by atoms with van der Waals surface area (Å²) in [6.07, 6.45) is 2.27. The smallest absolute Gasteiger partial charge is 0.215 e. The molecule has 0 radical (unpaired) electrons. The first-order valence-corrected chi connectivity index (χ1v) is 7.52. The molecule has 5 heteroatoms. The number of rotatable bonds is 7. The van der Waals surface area contributed by atoms with E-state index in [4.69, 9.17) is 0 Å². The van der Waals surface area contributed by atoms with Gasteiger partial charge in [0.05, 0.1) is 5.25 Å². The monoisotopic (exact) mass is 248 g/mol. The van der Waals surface area contributed by atoms with Crippen molar-refractivity contribution in [2.24, 2.45) is 5.41 Å². The minimum Gasteiger partial charge on any atom is -0.313 e. The molecular weight excluding hydrogens is 224 g/mol. The molecule has 1 rings (SSSR count). The maximum atomic E-state index is 11.9. The summed E-state index contributed by atoms with van der Waals surface area (Å²) in [7, 11) is -3.16. The molecule has 0 aromatic heterocycles. The van der Waals surface area contributed by atoms with E-state index in [-0.39, 0.29) is 10.7 Å². The predicted octanol–water partition coefficient (Wildman–Crippen LogP) is 1.09. The predicted molar refractivity (Wildman–Crippen MR) is 66.9 cm³/mol. The number of sulfonamides is 1. The van der Waals surface area contributed by atoms with Crippen molar-refractivity contribution in [3.8, 4) is 0 Å². The molecule has 16 heavy (non-hydrogen) atoms. The molecule has 0 heterocycles. The van der Waals surface area contributed by atoms with Crippen LogP contribution in [-0.2, 0) is 10.0 Å². The van der Waals surface area contributed by atoms with E-state index < -0.39 is 10.0 Å². The lowest BCUT2D eigenvalue weighted by atomic mass is 10.2. The lowest BCUT2D eigenvalue weighted by Gasteiger charge is -2.17. The molecule has 0 aromatic carbocycles. The van der Waals surface area contributed by atoms with Gasteiger partial charge in [-0.1, -0.05) is 20.8 Å². The summed E-state index contributed by atoms with van der Waals surface area (Å²) >= 11 is 0. The first kappa shape index (κ1) is 13.9. The van der Waals surface area contributed by atoms with Crippen molar-refractivity contribution < 1.29 is 8.42 Å². The molecule has 1 atom stereocenters. The minimum absolute atomic E-state index is 0.221. The van der Waals surface area contributed by atoms with Crippen LogP contribution in [0, 0.1) is 5.41 Å². The highest BCUT2D eigenvalue weighted by Crippen LogP contribution is 2.44. The van der Waals surface area contributed by atoms with Crippen LogP contribution in [0.2, 0.25) is 0 Å². The molecule has 0 amide bonds. The highest BCUT2D eigenvalue weighted by Gasteiger charge is 2.38. The fourth-order valence-corrected chi connectivity index (χ4v) is 2.47. The molecule has 1 unspecified atom stereocenters. The maximum absolute atomic E-state index is 11.9. The van der Waals surface area contributed by atoms with Gasteiger partial charge in [-0.3, -0.25) is 0 Å². The highest BCUT2D eigenvalue weighted by molar-refractivity contribution is 7.90. The number of hydrogen-bond acceptors (Lipinski definition) is 3. The van der Waals surface area contributed by atoms with Crippen LogP contribution in [0.25, 0.3) is 0 Å². The first-order chi connectivity index (χ1) is 7.25. The molecule has 1 aliphatic rings. The van der Waals surface area contributed by atoms with E-state index in [2.05, 4.69) is 17.0 Å². The van der Waals surface area contributed by atoms with Crippen LogP contribution in [0.3, 0.4) is 0 Å². The van der Waals surface area contributed by atoms with Crippen LogP contribution in [-0.4, -0.2) is 32.8 Å². The summed E-state index contributed by atoms with van der Waals surface area (Å²) < 4.78 is 26.4. The summed E-state index contributed by atoms with van der Waals surface area (Å²) in [6, 6.07) is 0.318. The Morgan fingerprint density at radius 1 is 1.25 bits per heavy atom. The van der Waals surface area contributed by atoms with Crippen molar-refractivity contribution in [2.75, 3.05) is 13.1 Å². The molecule has 4 nitrogen and oxygen atoms in total. The van der Waals surface area contributed by atoms with Crippen molar-refractivity contribution in [3.63, 3.8) is 0 Å². The van der Waals surface area contributed by atoms with E-state index in [0.29, 0.717) is 19.1 Å². The van der Waals surface area contributed by atoms with Crippen molar-refractivity contribution in [1.29, 1.82) is 0 Å². The van der Waals surface area contributed by atoms with Crippen molar-refractivity contribution in [3.05, 3.63) is 0 Å². The molecular formula is C11H24N2O2S. The van der Waals surface area contributed by atoms with Gasteiger partial charge in [0.15, 0.2) is 0 Å². The molecule has 0 saturated heterocycles. The lowest BCUT2D eigenvalue weighted by molar-refractivity contribution is 0.513. The second-order valence-electron chi connectivity index (χ2n) is 5.55. The lowest BCUT2D eigenvalue weighted by Crippen LogP contribution is -2.42. The van der Waals surface area contributed by atoms with E-state index >= 15 is 0 Å². The van der Waals surface area contributed by atoms with Gasteiger partial charge in [-0.2, -0.15) is 0 Å². The van der Waals surface area contributed by atoms with Gasteiger partial charge >= 0.3 is 0 Å². The van der Waals surface area contributed by atoms with Gasteiger partial charge in [-0.05, 0) is 25.2 Å². The third kappa shape index (κ3) is 4.39. The molecule has 0 spiro atoms. The van der Waals surface area contributed by atoms with Gasteiger partial charge in [-0.15, -0.1) is 0 Å². The molecule has 1 saturated carbocycles. The summed E-state index contributed by atoms with van der Waals surface area (Å²) in [5.41, 5.74) is 0.221. The molecule has 96 valence electrons. The largest absolute Gasteiger partial charge is 0.313 e.